The van der Waals surface area contributed by atoms with Crippen molar-refractivity contribution in [2.45, 2.75) is 57.2 Å². The highest BCUT2D eigenvalue weighted by Gasteiger charge is 2.50. The van der Waals surface area contributed by atoms with E-state index in [-0.39, 0.29) is 11.9 Å². The molecule has 1 spiro atoms. The van der Waals surface area contributed by atoms with Gasteiger partial charge in [-0.25, -0.2) is 0 Å². The molecular weight excluding hydrogens is 342 g/mol. The molecule has 0 aliphatic carbocycles. The minimum atomic E-state index is -0.567. The Kier molecular flexibility index (Phi) is 5.45. The molecule has 146 valence electrons. The molecule has 0 saturated carbocycles. The Morgan fingerprint density at radius 1 is 1.33 bits per heavy atom. The number of nitrogens with zero attached hydrogens (tertiary/aromatic N) is 2. The van der Waals surface area contributed by atoms with E-state index < -0.39 is 5.60 Å². The summed E-state index contributed by atoms with van der Waals surface area (Å²) in [6, 6.07) is 8.62. The van der Waals surface area contributed by atoms with E-state index in [2.05, 4.69) is 41.7 Å². The molecule has 1 aromatic carbocycles. The third-order valence-electron chi connectivity index (χ3n) is 5.86. The molecule has 1 amide bonds. The second-order valence-corrected chi connectivity index (χ2v) is 7.99. The highest BCUT2D eigenvalue weighted by Crippen LogP contribution is 2.33. The van der Waals surface area contributed by atoms with Crippen molar-refractivity contribution in [3.05, 3.63) is 35.4 Å². The van der Waals surface area contributed by atoms with Crippen LogP contribution in [0, 0.1) is 6.92 Å². The van der Waals surface area contributed by atoms with Crippen LogP contribution in [0.4, 0.5) is 0 Å². The number of likely N-dealkylation sites (tertiary alicyclic amines) is 1. The van der Waals surface area contributed by atoms with Crippen molar-refractivity contribution < 1.29 is 14.4 Å². The van der Waals surface area contributed by atoms with Crippen molar-refractivity contribution in [1.82, 2.24) is 10.2 Å². The van der Waals surface area contributed by atoms with E-state index in [0.717, 1.165) is 38.9 Å². The number of hydrogen-bond acceptors (Lipinski definition) is 5. The van der Waals surface area contributed by atoms with Crippen molar-refractivity contribution in [1.29, 1.82) is 0 Å². The molecule has 0 radical (unpaired) electrons. The Hall–Kier alpha value is -1.92. The summed E-state index contributed by atoms with van der Waals surface area (Å²) in [5.74, 6) is 0.0367. The molecule has 3 heterocycles. The Morgan fingerprint density at radius 2 is 2.19 bits per heavy atom. The Bertz CT molecular complexity index is 714. The number of rotatable bonds is 4. The predicted molar refractivity (Wildman–Crippen MR) is 104 cm³/mol. The largest absolute Gasteiger partial charge is 0.384 e. The quantitative estimate of drug-likeness (QED) is 0.883. The number of oxime groups is 1. The van der Waals surface area contributed by atoms with Crippen LogP contribution in [0.5, 0.6) is 0 Å². The van der Waals surface area contributed by atoms with Crippen LogP contribution in [0.1, 0.15) is 43.2 Å². The van der Waals surface area contributed by atoms with Crippen LogP contribution in [-0.2, 0) is 20.9 Å². The molecule has 0 bridgehead atoms. The van der Waals surface area contributed by atoms with Gasteiger partial charge in [0.15, 0.2) is 5.60 Å². The summed E-state index contributed by atoms with van der Waals surface area (Å²) in [7, 11) is 0. The first kappa shape index (κ1) is 18.4. The molecule has 3 aliphatic rings. The van der Waals surface area contributed by atoms with Crippen LogP contribution in [0.25, 0.3) is 0 Å². The van der Waals surface area contributed by atoms with Crippen molar-refractivity contribution in [2.75, 3.05) is 26.3 Å². The zero-order valence-electron chi connectivity index (χ0n) is 16.1. The van der Waals surface area contributed by atoms with Gasteiger partial charge >= 0.3 is 0 Å². The molecule has 1 aromatic rings. The number of carbonyl (C=O) groups excluding carboxylic acids is 1. The SMILES string of the molecule is Cc1cccc(CN[C@H]2CCOC[C@]23CC(C(=O)N2CCCCC2)=NO3)c1. The predicted octanol–water partition coefficient (Wildman–Crippen LogP) is 2.40. The zero-order valence-corrected chi connectivity index (χ0v) is 16.1. The molecular formula is C21H29N3O3. The van der Waals surface area contributed by atoms with Gasteiger partial charge in [0.25, 0.3) is 5.91 Å². The molecule has 6 nitrogen and oxygen atoms in total. The van der Waals surface area contributed by atoms with E-state index in [0.29, 0.717) is 25.3 Å². The van der Waals surface area contributed by atoms with E-state index >= 15 is 0 Å². The van der Waals surface area contributed by atoms with Gasteiger partial charge in [-0.1, -0.05) is 35.0 Å². The standard InChI is InChI=1S/C21H29N3O3/c1-16-6-5-7-17(12-16)14-22-19-8-11-26-15-21(19)13-18(23-27-21)20(25)24-9-3-2-4-10-24/h5-7,12,19,22H,2-4,8-11,13-15H2,1H3/t19-,21+/m0/s1. The number of hydrogen-bond donors (Lipinski definition) is 1. The topological polar surface area (TPSA) is 63.2 Å². The molecule has 2 fully saturated rings. The van der Waals surface area contributed by atoms with Gasteiger partial charge in [-0.15, -0.1) is 0 Å². The Balaban J connectivity index is 1.40. The molecule has 27 heavy (non-hydrogen) atoms. The lowest BCUT2D eigenvalue weighted by Crippen LogP contribution is -2.57. The van der Waals surface area contributed by atoms with Crippen LogP contribution in [0.3, 0.4) is 0 Å². The van der Waals surface area contributed by atoms with Crippen LogP contribution in [0.15, 0.2) is 29.4 Å². The van der Waals surface area contributed by atoms with Gasteiger partial charge in [0.05, 0.1) is 12.6 Å². The number of benzene rings is 1. The van der Waals surface area contributed by atoms with Gasteiger partial charge in [-0.05, 0) is 38.2 Å². The average molecular weight is 371 g/mol. The maximum Gasteiger partial charge on any atom is 0.271 e. The lowest BCUT2D eigenvalue weighted by molar-refractivity contribution is -0.131. The van der Waals surface area contributed by atoms with Gasteiger partial charge in [-0.3, -0.25) is 4.79 Å². The highest BCUT2D eigenvalue weighted by molar-refractivity contribution is 6.39. The minimum absolute atomic E-state index is 0.0367. The summed E-state index contributed by atoms with van der Waals surface area (Å²) < 4.78 is 5.72. The zero-order chi connectivity index (χ0) is 18.7. The number of nitrogens with one attached hydrogen (secondary N) is 1. The minimum Gasteiger partial charge on any atom is -0.384 e. The molecule has 3 aliphatic heterocycles. The fraction of sp³-hybridized carbons (Fsp3) is 0.619. The lowest BCUT2D eigenvalue weighted by Gasteiger charge is -2.39. The number of carbonyl (C=O) groups is 1. The maximum atomic E-state index is 12.8. The summed E-state index contributed by atoms with van der Waals surface area (Å²) in [4.78, 5) is 20.6. The van der Waals surface area contributed by atoms with Crippen LogP contribution < -0.4 is 5.32 Å². The maximum absolute atomic E-state index is 12.8. The van der Waals surface area contributed by atoms with E-state index in [9.17, 15) is 4.79 Å². The Labute approximate surface area is 160 Å². The summed E-state index contributed by atoms with van der Waals surface area (Å²) in [6.45, 7) is 5.70. The second-order valence-electron chi connectivity index (χ2n) is 7.99. The first-order valence-electron chi connectivity index (χ1n) is 10.1. The molecule has 2 atom stereocenters. The van der Waals surface area contributed by atoms with Gasteiger partial charge in [0, 0.05) is 32.7 Å². The number of ether oxygens (including phenoxy) is 1. The van der Waals surface area contributed by atoms with Gasteiger partial charge in [0.1, 0.15) is 5.71 Å². The second kappa shape index (κ2) is 7.98. The van der Waals surface area contributed by atoms with Gasteiger partial charge in [-0.2, -0.15) is 0 Å². The van der Waals surface area contributed by atoms with Crippen molar-refractivity contribution in [3.63, 3.8) is 0 Å². The van der Waals surface area contributed by atoms with E-state index in [1.807, 2.05) is 4.90 Å². The first-order chi connectivity index (χ1) is 13.2. The number of amides is 1. The van der Waals surface area contributed by atoms with E-state index in [1.165, 1.54) is 17.5 Å². The van der Waals surface area contributed by atoms with Crippen LogP contribution in [0.2, 0.25) is 0 Å². The van der Waals surface area contributed by atoms with Gasteiger partial charge < -0.3 is 19.8 Å². The highest BCUT2D eigenvalue weighted by atomic mass is 16.7. The summed E-state index contributed by atoms with van der Waals surface area (Å²) >= 11 is 0. The van der Waals surface area contributed by atoms with Crippen LogP contribution in [-0.4, -0.2) is 54.5 Å². The monoisotopic (exact) mass is 371 g/mol. The molecule has 0 unspecified atom stereocenters. The normalized spacial score (nSPS) is 28.1. The summed E-state index contributed by atoms with van der Waals surface area (Å²) in [5.41, 5.74) is 2.49. The third-order valence-corrected chi connectivity index (χ3v) is 5.86. The molecule has 4 rings (SSSR count). The van der Waals surface area contributed by atoms with Gasteiger partial charge in [0.2, 0.25) is 0 Å². The third kappa shape index (κ3) is 4.01. The smallest absolute Gasteiger partial charge is 0.271 e. The number of aryl methyl sites for hydroxylation is 1. The fourth-order valence-corrected chi connectivity index (χ4v) is 4.31. The lowest BCUT2D eigenvalue weighted by atomic mass is 9.85. The van der Waals surface area contributed by atoms with Crippen molar-refractivity contribution >= 4 is 11.6 Å². The van der Waals surface area contributed by atoms with Crippen molar-refractivity contribution in [2.24, 2.45) is 5.16 Å². The summed E-state index contributed by atoms with van der Waals surface area (Å²) in [5, 5.41) is 7.85. The average Bonchev–Trinajstić information content (AvgIpc) is 3.12. The molecule has 2 saturated heterocycles. The first-order valence-corrected chi connectivity index (χ1v) is 10.1. The molecule has 1 N–H and O–H groups in total. The summed E-state index contributed by atoms with van der Waals surface area (Å²) in [6.07, 6.45) is 4.74. The van der Waals surface area contributed by atoms with Crippen LogP contribution >= 0.6 is 0 Å². The Morgan fingerprint density at radius 3 is 3.00 bits per heavy atom. The van der Waals surface area contributed by atoms with Crippen molar-refractivity contribution in [3.8, 4) is 0 Å². The molecule has 0 aromatic heterocycles. The van der Waals surface area contributed by atoms with E-state index in [4.69, 9.17) is 9.57 Å². The fourth-order valence-electron chi connectivity index (χ4n) is 4.31. The number of piperidine rings is 1. The van der Waals surface area contributed by atoms with E-state index in [1.54, 1.807) is 0 Å². The molecule has 6 heteroatoms.